The Morgan fingerprint density at radius 2 is 2.40 bits per heavy atom. The van der Waals surface area contributed by atoms with E-state index >= 15 is 0 Å². The lowest BCUT2D eigenvalue weighted by Gasteiger charge is -2.10. The van der Waals surface area contributed by atoms with E-state index in [9.17, 15) is 0 Å². The molecule has 0 aliphatic carbocycles. The van der Waals surface area contributed by atoms with E-state index in [1.165, 1.54) is 25.8 Å². The zero-order chi connectivity index (χ0) is 7.23. The van der Waals surface area contributed by atoms with Crippen LogP contribution in [0.15, 0.2) is 0 Å². The predicted molar refractivity (Wildman–Crippen MR) is 42.3 cm³/mol. The lowest BCUT2D eigenvalue weighted by atomic mass is 10.2. The highest BCUT2D eigenvalue weighted by Crippen LogP contribution is 2.01. The van der Waals surface area contributed by atoms with Gasteiger partial charge in [-0.05, 0) is 6.42 Å². The van der Waals surface area contributed by atoms with Crippen LogP contribution < -0.4 is 5.32 Å². The summed E-state index contributed by atoms with van der Waals surface area (Å²) in [6, 6.07) is 0. The average Bonchev–Trinajstić information content (AvgIpc) is 2.41. The molecule has 1 N–H and O–H groups in total. The van der Waals surface area contributed by atoms with Gasteiger partial charge in [-0.1, -0.05) is 19.8 Å². The SMILES string of the molecule is CCCCCN1[C]NCC1. The van der Waals surface area contributed by atoms with E-state index in [-0.39, 0.29) is 0 Å². The minimum Gasteiger partial charge on any atom is -0.292 e. The van der Waals surface area contributed by atoms with Crippen LogP contribution in [0.2, 0.25) is 0 Å². The van der Waals surface area contributed by atoms with Crippen LogP contribution in [0.3, 0.4) is 0 Å². The lowest BCUT2D eigenvalue weighted by Crippen LogP contribution is -2.18. The first-order valence-corrected chi connectivity index (χ1v) is 4.17. The second kappa shape index (κ2) is 4.69. The van der Waals surface area contributed by atoms with Crippen LogP contribution in [0.25, 0.3) is 0 Å². The van der Waals surface area contributed by atoms with E-state index < -0.39 is 0 Å². The van der Waals surface area contributed by atoms with Gasteiger partial charge in [0.05, 0.1) is 0 Å². The maximum Gasteiger partial charge on any atom is 0.143 e. The summed E-state index contributed by atoms with van der Waals surface area (Å²) < 4.78 is 0. The van der Waals surface area contributed by atoms with Crippen LogP contribution in [0.1, 0.15) is 26.2 Å². The number of hydrogen-bond donors (Lipinski definition) is 1. The first-order valence-electron chi connectivity index (χ1n) is 4.17. The fraction of sp³-hybridized carbons (Fsp3) is 0.875. The minimum absolute atomic E-state index is 1.08. The average molecular weight is 140 g/mol. The van der Waals surface area contributed by atoms with Crippen molar-refractivity contribution in [3.05, 3.63) is 6.67 Å². The topological polar surface area (TPSA) is 15.3 Å². The van der Waals surface area contributed by atoms with Crippen molar-refractivity contribution in [3.8, 4) is 0 Å². The fourth-order valence-corrected chi connectivity index (χ4v) is 1.13. The molecular formula is C8H16N2. The molecule has 1 rings (SSSR count). The Labute approximate surface area is 63.6 Å². The number of nitrogens with one attached hydrogen (secondary N) is 1. The highest BCUT2D eigenvalue weighted by Gasteiger charge is 2.10. The van der Waals surface area contributed by atoms with Crippen molar-refractivity contribution in [1.82, 2.24) is 10.2 Å². The van der Waals surface area contributed by atoms with Gasteiger partial charge in [0.2, 0.25) is 0 Å². The van der Waals surface area contributed by atoms with E-state index in [1.54, 1.807) is 0 Å². The summed E-state index contributed by atoms with van der Waals surface area (Å²) in [6.45, 7) is 8.73. The Bertz CT molecular complexity index is 77.3. The number of unbranched alkanes of at least 4 members (excludes halogenated alkanes) is 2. The second-order valence-corrected chi connectivity index (χ2v) is 2.73. The Morgan fingerprint density at radius 3 is 3.00 bits per heavy atom. The van der Waals surface area contributed by atoms with Gasteiger partial charge in [-0.2, -0.15) is 0 Å². The molecule has 2 heteroatoms. The minimum atomic E-state index is 1.08. The van der Waals surface area contributed by atoms with Crippen molar-refractivity contribution < 1.29 is 0 Å². The Balaban J connectivity index is 1.91. The molecule has 1 saturated heterocycles. The molecule has 58 valence electrons. The van der Waals surface area contributed by atoms with Crippen molar-refractivity contribution in [2.45, 2.75) is 26.2 Å². The molecule has 2 nitrogen and oxygen atoms in total. The number of nitrogens with zero attached hydrogens (tertiary/aromatic N) is 1. The normalized spacial score (nSPS) is 20.1. The standard InChI is InChI=1S/C8H16N2/c1-2-3-4-6-10-7-5-9-8-10/h9H,2-7H2,1H3. The molecule has 0 aromatic carbocycles. The van der Waals surface area contributed by atoms with E-state index in [2.05, 4.69) is 23.8 Å². The largest absolute Gasteiger partial charge is 0.292 e. The first kappa shape index (κ1) is 8.02. The van der Waals surface area contributed by atoms with Crippen molar-refractivity contribution in [1.29, 1.82) is 0 Å². The Hall–Kier alpha value is -0.0800. The molecule has 0 atom stereocenters. The van der Waals surface area contributed by atoms with E-state index in [0.717, 1.165) is 13.1 Å². The van der Waals surface area contributed by atoms with Gasteiger partial charge in [0, 0.05) is 19.6 Å². The summed E-state index contributed by atoms with van der Waals surface area (Å²) in [5.41, 5.74) is 0. The molecular weight excluding hydrogens is 124 g/mol. The van der Waals surface area contributed by atoms with Gasteiger partial charge in [0.1, 0.15) is 6.67 Å². The third kappa shape index (κ3) is 2.67. The molecule has 1 heterocycles. The fourth-order valence-electron chi connectivity index (χ4n) is 1.13. The lowest BCUT2D eigenvalue weighted by molar-refractivity contribution is 0.374. The molecule has 0 aromatic rings. The smallest absolute Gasteiger partial charge is 0.143 e. The van der Waals surface area contributed by atoms with Crippen LogP contribution in [0.4, 0.5) is 0 Å². The zero-order valence-corrected chi connectivity index (χ0v) is 6.69. The molecule has 0 spiro atoms. The molecule has 0 unspecified atom stereocenters. The zero-order valence-electron chi connectivity index (χ0n) is 6.69. The summed E-state index contributed by atoms with van der Waals surface area (Å²) in [5, 5.41) is 3.08. The van der Waals surface area contributed by atoms with E-state index in [4.69, 9.17) is 0 Å². The van der Waals surface area contributed by atoms with Crippen LogP contribution in [0.5, 0.6) is 0 Å². The molecule has 2 radical (unpaired) electrons. The van der Waals surface area contributed by atoms with Gasteiger partial charge in [-0.15, -0.1) is 0 Å². The van der Waals surface area contributed by atoms with Gasteiger partial charge in [0.25, 0.3) is 0 Å². The molecule has 1 aliphatic heterocycles. The van der Waals surface area contributed by atoms with Crippen LogP contribution >= 0.6 is 0 Å². The van der Waals surface area contributed by atoms with Gasteiger partial charge in [-0.3, -0.25) is 10.2 Å². The summed E-state index contributed by atoms with van der Waals surface area (Å²) in [5.74, 6) is 0. The van der Waals surface area contributed by atoms with Crippen molar-refractivity contribution in [2.75, 3.05) is 19.6 Å². The predicted octanol–water partition coefficient (Wildman–Crippen LogP) is 1.08. The maximum absolute atomic E-state index is 3.10. The molecule has 10 heavy (non-hydrogen) atoms. The Morgan fingerprint density at radius 1 is 1.50 bits per heavy atom. The summed E-state index contributed by atoms with van der Waals surface area (Å²) in [6.07, 6.45) is 3.96. The van der Waals surface area contributed by atoms with E-state index in [0.29, 0.717) is 0 Å². The molecule has 0 aromatic heterocycles. The Kier molecular flexibility index (Phi) is 3.76. The van der Waals surface area contributed by atoms with Crippen molar-refractivity contribution >= 4 is 0 Å². The second-order valence-electron chi connectivity index (χ2n) is 2.73. The number of rotatable bonds is 4. The molecule has 0 amide bonds. The first-order chi connectivity index (χ1) is 4.93. The number of hydrogen-bond acceptors (Lipinski definition) is 2. The summed E-state index contributed by atoms with van der Waals surface area (Å²) in [7, 11) is 0. The molecule has 1 aliphatic rings. The van der Waals surface area contributed by atoms with Crippen molar-refractivity contribution in [3.63, 3.8) is 0 Å². The van der Waals surface area contributed by atoms with Gasteiger partial charge >= 0.3 is 0 Å². The third-order valence-electron chi connectivity index (χ3n) is 1.78. The summed E-state index contributed by atoms with van der Waals surface area (Å²) in [4.78, 5) is 2.23. The third-order valence-corrected chi connectivity index (χ3v) is 1.78. The highest BCUT2D eigenvalue weighted by atomic mass is 15.3. The molecule has 1 fully saturated rings. The summed E-state index contributed by atoms with van der Waals surface area (Å²) >= 11 is 0. The van der Waals surface area contributed by atoms with Gasteiger partial charge in [-0.25, -0.2) is 0 Å². The van der Waals surface area contributed by atoms with Crippen LogP contribution in [-0.4, -0.2) is 24.5 Å². The van der Waals surface area contributed by atoms with Crippen LogP contribution in [0, 0.1) is 6.67 Å². The van der Waals surface area contributed by atoms with E-state index in [1.807, 2.05) is 0 Å². The van der Waals surface area contributed by atoms with Crippen molar-refractivity contribution in [2.24, 2.45) is 0 Å². The van der Waals surface area contributed by atoms with Gasteiger partial charge < -0.3 is 0 Å². The molecule has 0 saturated carbocycles. The highest BCUT2D eigenvalue weighted by molar-refractivity contribution is 4.74. The quantitative estimate of drug-likeness (QED) is 0.588. The van der Waals surface area contributed by atoms with Crippen LogP contribution in [-0.2, 0) is 0 Å². The van der Waals surface area contributed by atoms with Gasteiger partial charge in [0.15, 0.2) is 0 Å². The monoisotopic (exact) mass is 140 g/mol. The maximum atomic E-state index is 3.10. The molecule has 0 bridgehead atoms.